The van der Waals surface area contributed by atoms with Gasteiger partial charge in [-0.3, -0.25) is 9.59 Å². The fourth-order valence-corrected chi connectivity index (χ4v) is 1.17. The number of carbonyl (C=O) groups excluding carboxylic acids is 1. The second-order valence-electron chi connectivity index (χ2n) is 4.91. The molecule has 0 heterocycles. The summed E-state index contributed by atoms with van der Waals surface area (Å²) >= 11 is 0. The normalized spacial score (nSPS) is 12.2. The van der Waals surface area contributed by atoms with Crippen LogP contribution in [0.3, 0.4) is 0 Å². The average molecular weight is 284 g/mol. The van der Waals surface area contributed by atoms with E-state index in [2.05, 4.69) is 26.5 Å². The molecular formula is C16H28O4. The predicted molar refractivity (Wildman–Crippen MR) is 81.6 cm³/mol. The third-order valence-electron chi connectivity index (χ3n) is 2.56. The Balaban J connectivity index is 0. The van der Waals surface area contributed by atoms with Crippen LogP contribution < -0.4 is 0 Å². The number of aliphatic carboxylic acids is 1. The summed E-state index contributed by atoms with van der Waals surface area (Å²) in [6.07, 6.45) is 6.17. The fraction of sp³-hybridized carbons (Fsp3) is 0.625. The van der Waals surface area contributed by atoms with E-state index in [9.17, 15) is 9.59 Å². The molecule has 0 amide bonds. The van der Waals surface area contributed by atoms with Gasteiger partial charge in [0.05, 0.1) is 0 Å². The van der Waals surface area contributed by atoms with Crippen molar-refractivity contribution in [3.05, 3.63) is 24.3 Å². The van der Waals surface area contributed by atoms with Gasteiger partial charge in [-0.1, -0.05) is 32.1 Å². The molecule has 0 aliphatic carbocycles. The molecule has 0 aromatic heterocycles. The zero-order valence-electron chi connectivity index (χ0n) is 13.4. The van der Waals surface area contributed by atoms with Crippen molar-refractivity contribution in [2.45, 2.75) is 65.9 Å². The highest BCUT2D eigenvalue weighted by molar-refractivity contribution is 5.69. The molecule has 0 saturated heterocycles. The van der Waals surface area contributed by atoms with Crippen LogP contribution in [0.5, 0.6) is 0 Å². The Morgan fingerprint density at radius 3 is 2.05 bits per heavy atom. The van der Waals surface area contributed by atoms with Crippen molar-refractivity contribution in [3.63, 3.8) is 0 Å². The molecule has 1 unspecified atom stereocenters. The summed E-state index contributed by atoms with van der Waals surface area (Å²) in [7, 11) is 0. The summed E-state index contributed by atoms with van der Waals surface area (Å²) in [5.41, 5.74) is 0.752. The van der Waals surface area contributed by atoms with E-state index in [1.165, 1.54) is 5.57 Å². The van der Waals surface area contributed by atoms with Crippen molar-refractivity contribution >= 4 is 11.9 Å². The first-order chi connectivity index (χ1) is 9.20. The van der Waals surface area contributed by atoms with Gasteiger partial charge >= 0.3 is 11.9 Å². The van der Waals surface area contributed by atoms with Gasteiger partial charge in [0, 0.05) is 12.8 Å². The molecule has 0 aliphatic heterocycles. The summed E-state index contributed by atoms with van der Waals surface area (Å²) in [4.78, 5) is 20.6. The maximum atomic E-state index is 11.2. The van der Waals surface area contributed by atoms with Crippen molar-refractivity contribution in [2.75, 3.05) is 0 Å². The molecule has 0 aromatic carbocycles. The Morgan fingerprint density at radius 1 is 1.25 bits per heavy atom. The third kappa shape index (κ3) is 12.9. The van der Waals surface area contributed by atoms with Gasteiger partial charge in [-0.05, 0) is 39.7 Å². The standard InChI is InChI=1S/C13H22O2.C3H6O2/c1-6-12(14)15-13(5,7-2)10-8-9-11(3)4;1-2-3(4)5/h7,9H,2,6,8,10H2,1,3-5H3;2H2,1H3,(H,4,5). The maximum absolute atomic E-state index is 11.2. The summed E-state index contributed by atoms with van der Waals surface area (Å²) in [6, 6.07) is 0. The molecule has 20 heavy (non-hydrogen) atoms. The van der Waals surface area contributed by atoms with Crippen molar-refractivity contribution in [2.24, 2.45) is 0 Å². The first kappa shape index (κ1) is 20.7. The molecule has 0 rings (SSSR count). The lowest BCUT2D eigenvalue weighted by molar-refractivity contribution is -0.153. The van der Waals surface area contributed by atoms with Gasteiger partial charge in [-0.25, -0.2) is 0 Å². The monoisotopic (exact) mass is 284 g/mol. The number of rotatable bonds is 7. The number of hydrogen-bond acceptors (Lipinski definition) is 3. The van der Waals surface area contributed by atoms with Crippen molar-refractivity contribution in [1.29, 1.82) is 0 Å². The van der Waals surface area contributed by atoms with E-state index in [-0.39, 0.29) is 12.4 Å². The highest BCUT2D eigenvalue weighted by Crippen LogP contribution is 2.20. The summed E-state index contributed by atoms with van der Waals surface area (Å²) in [5, 5.41) is 7.72. The van der Waals surface area contributed by atoms with Crippen LogP contribution in [-0.2, 0) is 14.3 Å². The predicted octanol–water partition coefficient (Wildman–Crippen LogP) is 4.11. The molecule has 0 bridgehead atoms. The van der Waals surface area contributed by atoms with E-state index < -0.39 is 11.6 Å². The van der Waals surface area contributed by atoms with Crippen LogP contribution in [0.25, 0.3) is 0 Å². The molecule has 0 radical (unpaired) electrons. The van der Waals surface area contributed by atoms with Crippen molar-refractivity contribution in [1.82, 2.24) is 0 Å². The topological polar surface area (TPSA) is 63.6 Å². The smallest absolute Gasteiger partial charge is 0.306 e. The van der Waals surface area contributed by atoms with E-state index in [1.807, 2.05) is 6.92 Å². The second kappa shape index (κ2) is 11.3. The lowest BCUT2D eigenvalue weighted by Crippen LogP contribution is -2.28. The summed E-state index contributed by atoms with van der Waals surface area (Å²) < 4.78 is 5.33. The Hall–Kier alpha value is -1.58. The van der Waals surface area contributed by atoms with Crippen molar-refractivity contribution < 1.29 is 19.4 Å². The largest absolute Gasteiger partial charge is 0.481 e. The number of hydrogen-bond donors (Lipinski definition) is 1. The van der Waals surface area contributed by atoms with Crippen LogP contribution in [0.1, 0.15) is 60.3 Å². The van der Waals surface area contributed by atoms with Crippen LogP contribution in [0, 0.1) is 0 Å². The molecule has 0 aromatic rings. The number of carbonyl (C=O) groups is 2. The van der Waals surface area contributed by atoms with Crippen LogP contribution in [0.2, 0.25) is 0 Å². The Kier molecular flexibility index (Phi) is 11.7. The van der Waals surface area contributed by atoms with Gasteiger partial charge in [0.25, 0.3) is 0 Å². The molecule has 1 atom stereocenters. The van der Waals surface area contributed by atoms with Gasteiger partial charge in [0.1, 0.15) is 5.60 Å². The number of allylic oxidation sites excluding steroid dienone is 2. The molecule has 4 nitrogen and oxygen atoms in total. The fourth-order valence-electron chi connectivity index (χ4n) is 1.17. The number of esters is 1. The van der Waals surface area contributed by atoms with Crippen LogP contribution >= 0.6 is 0 Å². The number of ether oxygens (including phenoxy) is 1. The van der Waals surface area contributed by atoms with Crippen LogP contribution in [-0.4, -0.2) is 22.6 Å². The minimum absolute atomic E-state index is 0.172. The van der Waals surface area contributed by atoms with E-state index in [0.29, 0.717) is 6.42 Å². The van der Waals surface area contributed by atoms with Gasteiger partial charge < -0.3 is 9.84 Å². The molecule has 0 fully saturated rings. The Bertz CT molecular complexity index is 340. The average Bonchev–Trinajstić information content (AvgIpc) is 2.38. The lowest BCUT2D eigenvalue weighted by Gasteiger charge is -2.25. The highest BCUT2D eigenvalue weighted by atomic mass is 16.6. The van der Waals surface area contributed by atoms with E-state index in [4.69, 9.17) is 9.84 Å². The first-order valence-corrected chi connectivity index (χ1v) is 6.91. The molecule has 0 saturated carbocycles. The molecule has 0 aliphatic rings. The first-order valence-electron chi connectivity index (χ1n) is 6.91. The minimum atomic E-state index is -0.745. The van der Waals surface area contributed by atoms with Gasteiger partial charge in [0.15, 0.2) is 0 Å². The SMILES string of the molecule is C=CC(C)(CCC=C(C)C)OC(=O)CC.CCC(=O)O. The summed E-state index contributed by atoms with van der Waals surface area (Å²) in [5.74, 6) is -0.917. The molecule has 1 N–H and O–H groups in total. The third-order valence-corrected chi connectivity index (χ3v) is 2.56. The second-order valence-corrected chi connectivity index (χ2v) is 4.91. The maximum Gasteiger partial charge on any atom is 0.306 e. The zero-order valence-corrected chi connectivity index (χ0v) is 13.4. The molecule has 116 valence electrons. The zero-order chi connectivity index (χ0) is 16.2. The quantitative estimate of drug-likeness (QED) is 0.564. The Labute approximate surface area is 122 Å². The number of carboxylic acid groups (broad SMARTS) is 1. The molecule has 0 spiro atoms. The van der Waals surface area contributed by atoms with E-state index in [1.54, 1.807) is 19.9 Å². The van der Waals surface area contributed by atoms with E-state index in [0.717, 1.165) is 12.8 Å². The number of carboxylic acids is 1. The molecule has 4 heteroatoms. The molecular weight excluding hydrogens is 256 g/mol. The Morgan fingerprint density at radius 2 is 1.75 bits per heavy atom. The summed E-state index contributed by atoms with van der Waals surface area (Å²) in [6.45, 7) is 13.1. The van der Waals surface area contributed by atoms with Gasteiger partial charge in [-0.15, -0.1) is 0 Å². The highest BCUT2D eigenvalue weighted by Gasteiger charge is 2.23. The van der Waals surface area contributed by atoms with Gasteiger partial charge in [-0.2, -0.15) is 0 Å². The van der Waals surface area contributed by atoms with Crippen LogP contribution in [0.15, 0.2) is 24.3 Å². The van der Waals surface area contributed by atoms with Crippen molar-refractivity contribution in [3.8, 4) is 0 Å². The van der Waals surface area contributed by atoms with E-state index >= 15 is 0 Å². The minimum Gasteiger partial charge on any atom is -0.481 e. The lowest BCUT2D eigenvalue weighted by atomic mass is 9.99. The van der Waals surface area contributed by atoms with Gasteiger partial charge in [0.2, 0.25) is 0 Å². The van der Waals surface area contributed by atoms with Crippen LogP contribution in [0.4, 0.5) is 0 Å².